The fourth-order valence-electron chi connectivity index (χ4n) is 1.24. The zero-order valence-corrected chi connectivity index (χ0v) is 10.9. The van der Waals surface area contributed by atoms with Crippen molar-refractivity contribution in [2.75, 3.05) is 11.9 Å². The first-order valence-electron chi connectivity index (χ1n) is 5.31. The van der Waals surface area contributed by atoms with Gasteiger partial charge in [-0.3, -0.25) is 0 Å². The summed E-state index contributed by atoms with van der Waals surface area (Å²) in [6.45, 7) is 7.64. The number of halogens is 1. The van der Waals surface area contributed by atoms with E-state index in [4.69, 9.17) is 11.6 Å². The average Bonchev–Trinajstić information content (AvgIpc) is 2.25. The van der Waals surface area contributed by atoms with Crippen LogP contribution < -0.4 is 5.32 Å². The first-order valence-corrected chi connectivity index (χ1v) is 5.69. The molecule has 1 rings (SSSR count). The molecule has 0 aliphatic carbocycles. The molecule has 90 valence electrons. The van der Waals surface area contributed by atoms with E-state index in [9.17, 15) is 5.11 Å². The van der Waals surface area contributed by atoms with Gasteiger partial charge in [0.2, 0.25) is 0 Å². The molecule has 0 saturated carbocycles. The number of rotatable bonds is 4. The number of aliphatic hydroxyl groups is 1. The van der Waals surface area contributed by atoms with Crippen molar-refractivity contribution in [3.05, 3.63) is 16.5 Å². The van der Waals surface area contributed by atoms with Crippen LogP contribution in [0.25, 0.3) is 0 Å². The first kappa shape index (κ1) is 13.2. The van der Waals surface area contributed by atoms with Crippen LogP contribution in [0.15, 0.2) is 0 Å². The summed E-state index contributed by atoms with van der Waals surface area (Å²) in [5, 5.41) is 13.0. The summed E-state index contributed by atoms with van der Waals surface area (Å²) < 4.78 is 0. The zero-order chi connectivity index (χ0) is 12.3. The summed E-state index contributed by atoms with van der Waals surface area (Å²) in [5.41, 5.74) is 0.426. The number of aryl methyl sites for hydroxylation is 1. The molecule has 0 amide bonds. The van der Waals surface area contributed by atoms with Gasteiger partial charge in [0.1, 0.15) is 16.8 Å². The van der Waals surface area contributed by atoms with Crippen LogP contribution in [0.4, 0.5) is 5.82 Å². The highest BCUT2D eigenvalue weighted by Crippen LogP contribution is 2.23. The SMILES string of the molecule is CCC(C)(CO)Nc1nc(C)nc(Cl)c1C. The van der Waals surface area contributed by atoms with Gasteiger partial charge in [-0.2, -0.15) is 0 Å². The molecule has 0 saturated heterocycles. The standard InChI is InChI=1S/C11H18ClN3O/c1-5-11(4,6-16)15-10-7(2)9(12)13-8(3)14-10/h16H,5-6H2,1-4H3,(H,13,14,15). The van der Waals surface area contributed by atoms with Crippen molar-refractivity contribution in [2.45, 2.75) is 39.7 Å². The van der Waals surface area contributed by atoms with E-state index in [2.05, 4.69) is 15.3 Å². The normalized spacial score (nSPS) is 14.6. The lowest BCUT2D eigenvalue weighted by Crippen LogP contribution is -2.38. The van der Waals surface area contributed by atoms with Gasteiger partial charge >= 0.3 is 0 Å². The van der Waals surface area contributed by atoms with Crippen LogP contribution in [-0.4, -0.2) is 27.2 Å². The smallest absolute Gasteiger partial charge is 0.137 e. The molecular weight excluding hydrogens is 226 g/mol. The predicted molar refractivity (Wildman–Crippen MR) is 65.9 cm³/mol. The fraction of sp³-hybridized carbons (Fsp3) is 0.636. The van der Waals surface area contributed by atoms with E-state index in [1.807, 2.05) is 20.8 Å². The highest BCUT2D eigenvalue weighted by atomic mass is 35.5. The molecule has 0 aliphatic heterocycles. The van der Waals surface area contributed by atoms with Crippen LogP contribution in [-0.2, 0) is 0 Å². The second-order valence-corrected chi connectivity index (χ2v) is 4.59. The third-order valence-corrected chi connectivity index (χ3v) is 3.12. The number of aromatic nitrogens is 2. The van der Waals surface area contributed by atoms with Crippen molar-refractivity contribution in [1.82, 2.24) is 9.97 Å². The van der Waals surface area contributed by atoms with Crippen molar-refractivity contribution >= 4 is 17.4 Å². The second-order valence-electron chi connectivity index (χ2n) is 4.23. The molecule has 0 spiro atoms. The van der Waals surface area contributed by atoms with Crippen molar-refractivity contribution in [3.63, 3.8) is 0 Å². The van der Waals surface area contributed by atoms with E-state index in [0.29, 0.717) is 16.8 Å². The summed E-state index contributed by atoms with van der Waals surface area (Å²) in [6, 6.07) is 0. The quantitative estimate of drug-likeness (QED) is 0.797. The maximum absolute atomic E-state index is 9.34. The van der Waals surface area contributed by atoms with Crippen LogP contribution in [0, 0.1) is 13.8 Å². The second kappa shape index (κ2) is 4.97. The number of nitrogens with zero attached hydrogens (tertiary/aromatic N) is 2. The molecule has 1 heterocycles. The lowest BCUT2D eigenvalue weighted by Gasteiger charge is -2.28. The Hall–Kier alpha value is -0.870. The van der Waals surface area contributed by atoms with Crippen LogP contribution >= 0.6 is 11.6 Å². The number of anilines is 1. The van der Waals surface area contributed by atoms with Crippen molar-refractivity contribution in [1.29, 1.82) is 0 Å². The molecule has 2 N–H and O–H groups in total. The van der Waals surface area contributed by atoms with E-state index in [1.54, 1.807) is 6.92 Å². The first-order chi connectivity index (χ1) is 7.41. The molecule has 0 aliphatic rings. The topological polar surface area (TPSA) is 58.0 Å². The average molecular weight is 244 g/mol. The molecule has 0 aromatic carbocycles. The minimum absolute atomic E-state index is 0.0452. The molecule has 4 nitrogen and oxygen atoms in total. The van der Waals surface area contributed by atoms with Gasteiger partial charge in [0.05, 0.1) is 12.1 Å². The van der Waals surface area contributed by atoms with Gasteiger partial charge in [-0.25, -0.2) is 9.97 Å². The fourth-order valence-corrected chi connectivity index (χ4v) is 1.45. The highest BCUT2D eigenvalue weighted by Gasteiger charge is 2.22. The molecule has 1 aromatic rings. The maximum Gasteiger partial charge on any atom is 0.137 e. The summed E-state index contributed by atoms with van der Waals surface area (Å²) in [6.07, 6.45) is 0.795. The van der Waals surface area contributed by atoms with Crippen LogP contribution in [0.3, 0.4) is 0 Å². The Morgan fingerprint density at radius 1 is 1.38 bits per heavy atom. The summed E-state index contributed by atoms with van der Waals surface area (Å²) in [7, 11) is 0. The van der Waals surface area contributed by atoms with E-state index >= 15 is 0 Å². The minimum Gasteiger partial charge on any atom is -0.394 e. The van der Waals surface area contributed by atoms with Crippen molar-refractivity contribution in [3.8, 4) is 0 Å². The Labute approximate surface area is 101 Å². The Morgan fingerprint density at radius 3 is 2.50 bits per heavy atom. The van der Waals surface area contributed by atoms with Crippen LogP contribution in [0.2, 0.25) is 5.15 Å². The van der Waals surface area contributed by atoms with Crippen molar-refractivity contribution in [2.24, 2.45) is 0 Å². The number of hydrogen-bond acceptors (Lipinski definition) is 4. The van der Waals surface area contributed by atoms with E-state index in [0.717, 1.165) is 12.0 Å². The lowest BCUT2D eigenvalue weighted by atomic mass is 10.00. The van der Waals surface area contributed by atoms with Crippen LogP contribution in [0.1, 0.15) is 31.7 Å². The largest absolute Gasteiger partial charge is 0.394 e. The van der Waals surface area contributed by atoms with E-state index in [-0.39, 0.29) is 12.1 Å². The predicted octanol–water partition coefficient (Wildman–Crippen LogP) is 2.32. The minimum atomic E-state index is -0.380. The molecule has 1 aromatic heterocycles. The lowest BCUT2D eigenvalue weighted by molar-refractivity contribution is 0.218. The number of hydrogen-bond donors (Lipinski definition) is 2. The summed E-state index contributed by atoms with van der Waals surface area (Å²) in [5.74, 6) is 1.31. The molecule has 16 heavy (non-hydrogen) atoms. The van der Waals surface area contributed by atoms with E-state index < -0.39 is 0 Å². The van der Waals surface area contributed by atoms with Crippen molar-refractivity contribution < 1.29 is 5.11 Å². The summed E-state index contributed by atoms with van der Waals surface area (Å²) >= 11 is 5.98. The number of aliphatic hydroxyl groups excluding tert-OH is 1. The van der Waals surface area contributed by atoms with Gasteiger partial charge in [-0.1, -0.05) is 18.5 Å². The third kappa shape index (κ3) is 2.83. The molecule has 1 atom stereocenters. The maximum atomic E-state index is 9.34. The Kier molecular flexibility index (Phi) is 4.10. The molecule has 5 heteroatoms. The van der Waals surface area contributed by atoms with Gasteiger partial charge in [0.15, 0.2) is 0 Å². The zero-order valence-electron chi connectivity index (χ0n) is 10.1. The van der Waals surface area contributed by atoms with Gasteiger partial charge in [-0.05, 0) is 27.2 Å². The van der Waals surface area contributed by atoms with Crippen LogP contribution in [0.5, 0.6) is 0 Å². The Morgan fingerprint density at radius 2 is 2.00 bits per heavy atom. The monoisotopic (exact) mass is 243 g/mol. The van der Waals surface area contributed by atoms with Gasteiger partial charge in [-0.15, -0.1) is 0 Å². The van der Waals surface area contributed by atoms with Gasteiger partial charge in [0, 0.05) is 5.56 Å². The Bertz CT molecular complexity index is 378. The third-order valence-electron chi connectivity index (χ3n) is 2.75. The van der Waals surface area contributed by atoms with Gasteiger partial charge in [0.25, 0.3) is 0 Å². The molecule has 0 fully saturated rings. The molecule has 1 unspecified atom stereocenters. The molecule has 0 bridgehead atoms. The summed E-state index contributed by atoms with van der Waals surface area (Å²) in [4.78, 5) is 8.36. The molecular formula is C11H18ClN3O. The highest BCUT2D eigenvalue weighted by molar-refractivity contribution is 6.30. The van der Waals surface area contributed by atoms with Gasteiger partial charge < -0.3 is 10.4 Å². The van der Waals surface area contributed by atoms with E-state index in [1.165, 1.54) is 0 Å². The Balaban J connectivity index is 3.05. The molecule has 0 radical (unpaired) electrons. The number of nitrogens with one attached hydrogen (secondary N) is 1.